The van der Waals surface area contributed by atoms with Crippen LogP contribution >= 0.6 is 11.6 Å². The number of fused-ring (bicyclic) bond motifs is 3. The molecule has 5 rings (SSSR count). The highest BCUT2D eigenvalue weighted by Crippen LogP contribution is 2.39. The van der Waals surface area contributed by atoms with Gasteiger partial charge in [-0.25, -0.2) is 23.9 Å². The molecule has 0 bridgehead atoms. The Bertz CT molecular complexity index is 1770. The number of benzene rings is 1. The average molecular weight is 657 g/mol. The van der Waals surface area contributed by atoms with Crippen molar-refractivity contribution in [2.75, 3.05) is 29.9 Å². The number of nitrogens with zero attached hydrogens (tertiary/aromatic N) is 6. The number of hydrogen-bond donors (Lipinski definition) is 2. The largest absolute Gasteiger partial charge is 0.444 e. The monoisotopic (exact) mass is 656 g/mol. The van der Waals surface area contributed by atoms with Gasteiger partial charge in [-0.1, -0.05) is 0 Å². The molecule has 46 heavy (non-hydrogen) atoms. The molecule has 0 aliphatic carbocycles. The number of hydrogen-bond acceptors (Lipinski definition) is 10. The molecule has 1 unspecified atom stereocenters. The molecular weight excluding hydrogens is 619 g/mol. The van der Waals surface area contributed by atoms with E-state index in [9.17, 15) is 9.59 Å². The molecule has 13 nitrogen and oxygen atoms in total. The number of amides is 2. The van der Waals surface area contributed by atoms with Crippen LogP contribution in [0.15, 0.2) is 24.5 Å². The smallest absolute Gasteiger partial charge is 0.414 e. The molecule has 0 spiro atoms. The maximum atomic E-state index is 15.2. The second-order valence-electron chi connectivity index (χ2n) is 13.1. The van der Waals surface area contributed by atoms with Crippen molar-refractivity contribution in [1.29, 1.82) is 0 Å². The van der Waals surface area contributed by atoms with Crippen molar-refractivity contribution in [2.45, 2.75) is 77.5 Å². The molecule has 4 heterocycles. The van der Waals surface area contributed by atoms with Gasteiger partial charge in [-0.15, -0.1) is 11.6 Å². The zero-order chi connectivity index (χ0) is 33.6. The third kappa shape index (κ3) is 7.49. The maximum absolute atomic E-state index is 15.2. The Morgan fingerprint density at radius 1 is 1.09 bits per heavy atom. The first-order chi connectivity index (χ1) is 21.5. The van der Waals surface area contributed by atoms with Gasteiger partial charge in [0.15, 0.2) is 5.75 Å². The number of alkyl halides is 1. The third-order valence-corrected chi connectivity index (χ3v) is 7.44. The number of H-pyrrole nitrogens is 1. The Labute approximate surface area is 270 Å². The Hall–Kier alpha value is -4.46. The molecular formula is C31H38ClFN8O5. The van der Waals surface area contributed by atoms with Crippen LogP contribution in [0.3, 0.4) is 0 Å². The molecule has 246 valence electrons. The minimum atomic E-state index is -0.759. The molecule has 0 radical (unpaired) electrons. The maximum Gasteiger partial charge on any atom is 0.414 e. The van der Waals surface area contributed by atoms with Gasteiger partial charge in [0.05, 0.1) is 40.4 Å². The van der Waals surface area contributed by atoms with Crippen molar-refractivity contribution in [2.24, 2.45) is 0 Å². The highest BCUT2D eigenvalue weighted by Gasteiger charge is 2.33. The molecule has 15 heteroatoms. The minimum absolute atomic E-state index is 0.0100. The van der Waals surface area contributed by atoms with Gasteiger partial charge in [-0.3, -0.25) is 4.90 Å². The molecule has 1 aromatic carbocycles. The molecule has 2 N–H and O–H groups in total. The summed E-state index contributed by atoms with van der Waals surface area (Å²) in [5.41, 5.74) is -0.379. The second kappa shape index (κ2) is 12.4. The van der Waals surface area contributed by atoms with Gasteiger partial charge in [-0.05, 0) is 67.0 Å². The fourth-order valence-electron chi connectivity index (χ4n) is 5.03. The predicted molar refractivity (Wildman–Crippen MR) is 172 cm³/mol. The lowest BCUT2D eigenvalue weighted by Crippen LogP contribution is -2.53. The van der Waals surface area contributed by atoms with Crippen LogP contribution < -0.4 is 19.9 Å². The summed E-state index contributed by atoms with van der Waals surface area (Å²) in [4.78, 5) is 49.5. The van der Waals surface area contributed by atoms with E-state index in [4.69, 9.17) is 30.8 Å². The lowest BCUT2D eigenvalue weighted by atomic mass is 10.0. The number of carbonyl (C=O) groups is 2. The van der Waals surface area contributed by atoms with Gasteiger partial charge in [0.2, 0.25) is 0 Å². The Morgan fingerprint density at radius 2 is 1.76 bits per heavy atom. The summed E-state index contributed by atoms with van der Waals surface area (Å²) >= 11 is 6.82. The number of ether oxygens (including phenoxy) is 3. The first-order valence-corrected chi connectivity index (χ1v) is 15.3. The predicted octanol–water partition coefficient (Wildman–Crippen LogP) is 6.22. The number of aryl methyl sites for hydroxylation is 1. The first-order valence-electron chi connectivity index (χ1n) is 14.8. The van der Waals surface area contributed by atoms with Crippen LogP contribution in [0.1, 0.15) is 53.8 Å². The molecule has 1 aliphatic heterocycles. The number of piperidine rings is 1. The quantitative estimate of drug-likeness (QED) is 0.237. The zero-order valence-electron chi connectivity index (χ0n) is 27.1. The van der Waals surface area contributed by atoms with Crippen LogP contribution in [-0.4, -0.2) is 79.9 Å². The Morgan fingerprint density at radius 3 is 2.39 bits per heavy atom. The summed E-state index contributed by atoms with van der Waals surface area (Å²) in [6.45, 7) is 13.1. The summed E-state index contributed by atoms with van der Waals surface area (Å²) < 4.78 is 32.1. The zero-order valence-corrected chi connectivity index (χ0v) is 27.8. The molecule has 1 fully saturated rings. The Balaban J connectivity index is 1.57. The number of rotatable bonds is 5. The number of alkyl carbamates (subject to hydrolysis) is 1. The fraction of sp³-hybridized carbons (Fsp3) is 0.484. The van der Waals surface area contributed by atoms with Crippen LogP contribution in [0.2, 0.25) is 0 Å². The van der Waals surface area contributed by atoms with Gasteiger partial charge < -0.3 is 29.4 Å². The van der Waals surface area contributed by atoms with E-state index in [2.05, 4.69) is 25.3 Å². The highest BCUT2D eigenvalue weighted by molar-refractivity contribution is 6.22. The third-order valence-electron chi connectivity index (χ3n) is 7.00. The molecule has 2 atom stereocenters. The van der Waals surface area contributed by atoms with Crippen LogP contribution in [0, 0.1) is 12.7 Å². The number of anilines is 2. The summed E-state index contributed by atoms with van der Waals surface area (Å²) in [6.07, 6.45) is 2.28. The van der Waals surface area contributed by atoms with E-state index in [1.54, 1.807) is 48.5 Å². The van der Waals surface area contributed by atoms with E-state index < -0.39 is 34.6 Å². The molecule has 3 aromatic heterocycles. The number of carbonyl (C=O) groups excluding carboxylic acids is 2. The molecule has 1 aliphatic rings. The second-order valence-corrected chi connectivity index (χ2v) is 13.7. The average Bonchev–Trinajstić information content (AvgIpc) is 3.30. The van der Waals surface area contributed by atoms with Gasteiger partial charge >= 0.3 is 18.2 Å². The van der Waals surface area contributed by atoms with Crippen LogP contribution in [0.5, 0.6) is 11.8 Å². The first kappa shape index (κ1) is 32.9. The van der Waals surface area contributed by atoms with Gasteiger partial charge in [0.25, 0.3) is 0 Å². The van der Waals surface area contributed by atoms with E-state index in [0.29, 0.717) is 52.3 Å². The minimum Gasteiger partial charge on any atom is -0.444 e. The highest BCUT2D eigenvalue weighted by atomic mass is 35.5. The van der Waals surface area contributed by atoms with Crippen LogP contribution in [-0.2, 0) is 9.47 Å². The molecule has 2 amide bonds. The van der Waals surface area contributed by atoms with Crippen molar-refractivity contribution < 1.29 is 28.2 Å². The summed E-state index contributed by atoms with van der Waals surface area (Å²) in [5, 5.41) is 3.30. The van der Waals surface area contributed by atoms with E-state index >= 15 is 4.39 Å². The number of halogens is 2. The van der Waals surface area contributed by atoms with Crippen molar-refractivity contribution in [3.8, 4) is 11.8 Å². The van der Waals surface area contributed by atoms with Crippen LogP contribution in [0.4, 0.5) is 25.5 Å². The fourth-order valence-corrected chi connectivity index (χ4v) is 5.39. The van der Waals surface area contributed by atoms with E-state index in [1.165, 1.54) is 36.5 Å². The van der Waals surface area contributed by atoms with Crippen molar-refractivity contribution in [1.82, 2.24) is 30.2 Å². The number of aromatic nitrogens is 5. The SMILES string of the molecule is Cc1ncc(Oc2nc(N3CC[C@@H](NC(=O)OC(C)(C)C)C(Cl)C3)c3c(n2)[nH]c2c(N(C)C(=O)OC(C)(C)C)cc(F)cc23)cn1. The van der Waals surface area contributed by atoms with E-state index in [1.807, 2.05) is 4.90 Å². The normalized spacial score (nSPS) is 17.2. The van der Waals surface area contributed by atoms with E-state index in [0.717, 1.165) is 0 Å². The number of aromatic amines is 1. The summed E-state index contributed by atoms with van der Waals surface area (Å²) in [7, 11) is 1.51. The summed E-state index contributed by atoms with van der Waals surface area (Å²) in [6, 6.07) is 2.24. The standard InChI is InChI=1S/C31H38ClFN8O5/c1-16-34-13-18(14-35-16)44-27-38-25-23(19-11-17(33)12-22(24(19)37-25)40(8)29(43)46-31(5,6)7)26(39-27)41-10-9-21(20(32)15-41)36-28(42)45-30(2,3)4/h11-14,20-21H,9-10,15H2,1-8H3,(H,36,42)(H,37,38,39)/t20?,21-/m1/s1. The van der Waals surface area contributed by atoms with E-state index in [-0.39, 0.29) is 24.3 Å². The Kier molecular flexibility index (Phi) is 8.86. The number of nitrogens with one attached hydrogen (secondary N) is 2. The van der Waals surface area contributed by atoms with Crippen molar-refractivity contribution >= 4 is 57.2 Å². The van der Waals surface area contributed by atoms with Crippen LogP contribution in [0.25, 0.3) is 21.9 Å². The molecule has 1 saturated heterocycles. The van der Waals surface area contributed by atoms with Crippen molar-refractivity contribution in [3.63, 3.8) is 0 Å². The molecule has 0 saturated carbocycles. The lowest BCUT2D eigenvalue weighted by molar-refractivity contribution is 0.0497. The van der Waals surface area contributed by atoms with Crippen molar-refractivity contribution in [3.05, 3.63) is 36.2 Å². The topological polar surface area (TPSA) is 148 Å². The molecule has 4 aromatic rings. The van der Waals surface area contributed by atoms with Gasteiger partial charge in [-0.2, -0.15) is 9.97 Å². The lowest BCUT2D eigenvalue weighted by Gasteiger charge is -2.37. The summed E-state index contributed by atoms with van der Waals surface area (Å²) in [5.74, 6) is 0.744. The van der Waals surface area contributed by atoms with Gasteiger partial charge in [0, 0.05) is 25.5 Å². The van der Waals surface area contributed by atoms with Gasteiger partial charge in [0.1, 0.15) is 34.3 Å².